The summed E-state index contributed by atoms with van der Waals surface area (Å²) in [6.45, 7) is 7.85. The van der Waals surface area contributed by atoms with Crippen molar-refractivity contribution in [2.45, 2.75) is 52.7 Å². The van der Waals surface area contributed by atoms with Crippen LogP contribution in [0.1, 0.15) is 45.6 Å². The third-order valence-electron chi connectivity index (χ3n) is 3.13. The van der Waals surface area contributed by atoms with Crippen molar-refractivity contribution in [3.8, 4) is 0 Å². The molecule has 2 nitrogen and oxygen atoms in total. The fourth-order valence-corrected chi connectivity index (χ4v) is 2.72. The van der Waals surface area contributed by atoms with Crippen molar-refractivity contribution in [1.29, 1.82) is 0 Å². The van der Waals surface area contributed by atoms with Gasteiger partial charge in [0.25, 0.3) is 0 Å². The molecule has 102 valence electrons. The summed E-state index contributed by atoms with van der Waals surface area (Å²) in [6, 6.07) is 6.58. The molecule has 0 aliphatic rings. The highest BCUT2D eigenvalue weighted by molar-refractivity contribution is 9.10. The van der Waals surface area contributed by atoms with Crippen LogP contribution in [0.5, 0.6) is 0 Å². The predicted molar refractivity (Wildman–Crippen MR) is 82.1 cm³/mol. The highest BCUT2D eigenvalue weighted by Crippen LogP contribution is 2.29. The zero-order valence-corrected chi connectivity index (χ0v) is 13.2. The molecule has 18 heavy (non-hydrogen) atoms. The van der Waals surface area contributed by atoms with E-state index in [0.29, 0.717) is 6.04 Å². The molecule has 0 radical (unpaired) electrons. The van der Waals surface area contributed by atoms with Crippen LogP contribution in [0.3, 0.4) is 0 Å². The molecule has 0 aliphatic carbocycles. The van der Waals surface area contributed by atoms with E-state index >= 15 is 0 Å². The SMILES string of the molecule is CCCCCN(c1ccc(CO)cc1Br)C(C)C. The first-order valence-electron chi connectivity index (χ1n) is 6.76. The lowest BCUT2D eigenvalue weighted by atomic mass is 10.1. The number of unbranched alkanes of at least 4 members (excludes halogenated alkanes) is 2. The van der Waals surface area contributed by atoms with Crippen LogP contribution in [-0.4, -0.2) is 17.7 Å². The van der Waals surface area contributed by atoms with Gasteiger partial charge < -0.3 is 10.0 Å². The largest absolute Gasteiger partial charge is 0.392 e. The third-order valence-corrected chi connectivity index (χ3v) is 3.77. The standard InChI is InChI=1S/C15H24BrNO/c1-4-5-6-9-17(12(2)3)15-8-7-13(11-18)10-14(15)16/h7-8,10,12,18H,4-6,9,11H2,1-3H3. The molecule has 1 rings (SSSR count). The minimum atomic E-state index is 0.0936. The van der Waals surface area contributed by atoms with Crippen molar-refractivity contribution in [3.05, 3.63) is 28.2 Å². The summed E-state index contributed by atoms with van der Waals surface area (Å²) in [4.78, 5) is 2.42. The average molecular weight is 314 g/mol. The van der Waals surface area contributed by atoms with Crippen molar-refractivity contribution in [3.63, 3.8) is 0 Å². The molecule has 0 spiro atoms. The van der Waals surface area contributed by atoms with Gasteiger partial charge in [0.2, 0.25) is 0 Å². The highest BCUT2D eigenvalue weighted by Gasteiger charge is 2.13. The normalized spacial score (nSPS) is 11.0. The Morgan fingerprint density at radius 3 is 2.50 bits per heavy atom. The molecule has 0 unspecified atom stereocenters. The molecular weight excluding hydrogens is 290 g/mol. The summed E-state index contributed by atoms with van der Waals surface area (Å²) in [7, 11) is 0. The van der Waals surface area contributed by atoms with Crippen molar-refractivity contribution in [2.75, 3.05) is 11.4 Å². The summed E-state index contributed by atoms with van der Waals surface area (Å²) in [5, 5.41) is 9.14. The van der Waals surface area contributed by atoms with Crippen LogP contribution in [0.4, 0.5) is 5.69 Å². The molecule has 0 saturated heterocycles. The second-order valence-electron chi connectivity index (χ2n) is 4.94. The maximum Gasteiger partial charge on any atom is 0.0682 e. The minimum Gasteiger partial charge on any atom is -0.392 e. The van der Waals surface area contributed by atoms with E-state index in [0.717, 1.165) is 16.6 Å². The Kier molecular flexibility index (Phi) is 6.72. The number of aliphatic hydroxyl groups is 1. The molecule has 3 heteroatoms. The number of rotatable bonds is 7. The van der Waals surface area contributed by atoms with Gasteiger partial charge in [-0.15, -0.1) is 0 Å². The van der Waals surface area contributed by atoms with Crippen LogP contribution in [-0.2, 0) is 6.61 Å². The van der Waals surface area contributed by atoms with Gasteiger partial charge in [0.15, 0.2) is 0 Å². The topological polar surface area (TPSA) is 23.5 Å². The minimum absolute atomic E-state index is 0.0936. The molecule has 0 amide bonds. The number of anilines is 1. The quantitative estimate of drug-likeness (QED) is 0.757. The van der Waals surface area contributed by atoms with E-state index < -0.39 is 0 Å². The Morgan fingerprint density at radius 1 is 1.28 bits per heavy atom. The van der Waals surface area contributed by atoms with Gasteiger partial charge in [-0.1, -0.05) is 25.8 Å². The van der Waals surface area contributed by atoms with Crippen LogP contribution < -0.4 is 4.90 Å². The third kappa shape index (κ3) is 4.29. The van der Waals surface area contributed by atoms with E-state index in [1.807, 2.05) is 12.1 Å². The van der Waals surface area contributed by atoms with E-state index in [4.69, 9.17) is 5.11 Å². The molecule has 0 fully saturated rings. The molecular formula is C15H24BrNO. The molecule has 1 aromatic rings. The average Bonchev–Trinajstić information content (AvgIpc) is 2.35. The molecule has 0 aromatic heterocycles. The summed E-state index contributed by atoms with van der Waals surface area (Å²) in [5.74, 6) is 0. The molecule has 0 aliphatic heterocycles. The fourth-order valence-electron chi connectivity index (χ4n) is 2.07. The lowest BCUT2D eigenvalue weighted by molar-refractivity contribution is 0.282. The number of halogens is 1. The van der Waals surface area contributed by atoms with Gasteiger partial charge >= 0.3 is 0 Å². The molecule has 1 aromatic carbocycles. The van der Waals surface area contributed by atoms with Crippen LogP contribution in [0.25, 0.3) is 0 Å². The van der Waals surface area contributed by atoms with Gasteiger partial charge in [-0.2, -0.15) is 0 Å². The second kappa shape index (κ2) is 7.80. The highest BCUT2D eigenvalue weighted by atomic mass is 79.9. The zero-order valence-electron chi connectivity index (χ0n) is 11.6. The molecule has 0 heterocycles. The summed E-state index contributed by atoms with van der Waals surface area (Å²) in [6.07, 6.45) is 3.75. The monoisotopic (exact) mass is 313 g/mol. The predicted octanol–water partition coefficient (Wildman–Crippen LogP) is 4.35. The van der Waals surface area contributed by atoms with E-state index in [1.165, 1.54) is 24.9 Å². The Hall–Kier alpha value is -0.540. The molecule has 0 bridgehead atoms. The number of hydrogen-bond acceptors (Lipinski definition) is 2. The Labute approximate surface area is 119 Å². The Bertz CT molecular complexity index is 366. The van der Waals surface area contributed by atoms with Crippen LogP contribution in [0.15, 0.2) is 22.7 Å². The number of aliphatic hydroxyl groups excluding tert-OH is 1. The summed E-state index contributed by atoms with van der Waals surface area (Å²) in [5.41, 5.74) is 2.17. The molecule has 0 atom stereocenters. The summed E-state index contributed by atoms with van der Waals surface area (Å²) >= 11 is 3.61. The van der Waals surface area contributed by atoms with Crippen LogP contribution >= 0.6 is 15.9 Å². The maximum atomic E-state index is 9.14. The van der Waals surface area contributed by atoms with Crippen molar-refractivity contribution >= 4 is 21.6 Å². The number of nitrogens with zero attached hydrogens (tertiary/aromatic N) is 1. The number of benzene rings is 1. The van der Waals surface area contributed by atoms with Gasteiger partial charge in [-0.3, -0.25) is 0 Å². The Morgan fingerprint density at radius 2 is 2.00 bits per heavy atom. The first kappa shape index (κ1) is 15.5. The lowest BCUT2D eigenvalue weighted by Gasteiger charge is -2.30. The van der Waals surface area contributed by atoms with Gasteiger partial charge in [0.1, 0.15) is 0 Å². The van der Waals surface area contributed by atoms with Gasteiger partial charge in [0.05, 0.1) is 12.3 Å². The van der Waals surface area contributed by atoms with E-state index in [2.05, 4.69) is 47.7 Å². The first-order valence-corrected chi connectivity index (χ1v) is 7.55. The van der Waals surface area contributed by atoms with Gasteiger partial charge in [-0.25, -0.2) is 0 Å². The van der Waals surface area contributed by atoms with E-state index in [1.54, 1.807) is 0 Å². The zero-order chi connectivity index (χ0) is 13.5. The second-order valence-corrected chi connectivity index (χ2v) is 5.79. The number of hydrogen-bond donors (Lipinski definition) is 1. The fraction of sp³-hybridized carbons (Fsp3) is 0.600. The first-order chi connectivity index (χ1) is 8.60. The van der Waals surface area contributed by atoms with E-state index in [-0.39, 0.29) is 6.61 Å². The van der Waals surface area contributed by atoms with Crippen molar-refractivity contribution in [2.24, 2.45) is 0 Å². The van der Waals surface area contributed by atoms with E-state index in [9.17, 15) is 0 Å². The van der Waals surface area contributed by atoms with Crippen molar-refractivity contribution in [1.82, 2.24) is 0 Å². The lowest BCUT2D eigenvalue weighted by Crippen LogP contribution is -2.32. The smallest absolute Gasteiger partial charge is 0.0682 e. The Balaban J connectivity index is 2.84. The summed E-state index contributed by atoms with van der Waals surface area (Å²) < 4.78 is 1.07. The van der Waals surface area contributed by atoms with Gasteiger partial charge in [-0.05, 0) is 53.9 Å². The molecule has 0 saturated carbocycles. The molecule has 1 N–H and O–H groups in total. The van der Waals surface area contributed by atoms with Crippen LogP contribution in [0, 0.1) is 0 Å². The van der Waals surface area contributed by atoms with Crippen LogP contribution in [0.2, 0.25) is 0 Å². The maximum absolute atomic E-state index is 9.14. The van der Waals surface area contributed by atoms with Gasteiger partial charge in [0, 0.05) is 17.1 Å². The van der Waals surface area contributed by atoms with Crippen molar-refractivity contribution < 1.29 is 5.11 Å².